The highest BCUT2D eigenvalue weighted by molar-refractivity contribution is 7.92. The summed E-state index contributed by atoms with van der Waals surface area (Å²) in [7, 11) is -3.95. The Bertz CT molecular complexity index is 1450. The van der Waals surface area contributed by atoms with Crippen LogP contribution < -0.4 is 9.04 Å². The fourth-order valence-electron chi connectivity index (χ4n) is 4.38. The van der Waals surface area contributed by atoms with Crippen LogP contribution in [0.1, 0.15) is 42.9 Å². The molecule has 0 bridgehead atoms. The molecule has 9 heteroatoms. The van der Waals surface area contributed by atoms with Gasteiger partial charge in [-0.05, 0) is 79.8 Å². The van der Waals surface area contributed by atoms with Gasteiger partial charge in [-0.25, -0.2) is 12.8 Å². The Labute approximate surface area is 221 Å². The molecule has 0 aromatic heterocycles. The van der Waals surface area contributed by atoms with Crippen LogP contribution in [0.4, 0.5) is 10.1 Å². The number of aryl methyl sites for hydroxylation is 1. The van der Waals surface area contributed by atoms with E-state index in [9.17, 15) is 17.6 Å². The molecule has 194 valence electrons. The fourth-order valence-corrected chi connectivity index (χ4v) is 6.29. The summed E-state index contributed by atoms with van der Waals surface area (Å²) in [4.78, 5) is 11.1. The average molecular weight is 544 g/mol. The van der Waals surface area contributed by atoms with E-state index in [0.717, 1.165) is 5.56 Å². The molecule has 6 nitrogen and oxygen atoms in total. The molecular weight excluding hydrogens is 517 g/mol. The van der Waals surface area contributed by atoms with E-state index in [1.807, 2.05) is 13.0 Å². The second-order valence-electron chi connectivity index (χ2n) is 9.03. The zero-order valence-electron chi connectivity index (χ0n) is 20.4. The zero-order chi connectivity index (χ0) is 26.7. The lowest BCUT2D eigenvalue weighted by molar-refractivity contribution is -0.137. The number of hydrogen-bond donors (Lipinski definition) is 1. The molecule has 37 heavy (non-hydrogen) atoms. The van der Waals surface area contributed by atoms with Gasteiger partial charge in [-0.3, -0.25) is 9.10 Å². The number of nitrogens with zero attached hydrogens (tertiary/aromatic N) is 1. The Morgan fingerprint density at radius 1 is 1.19 bits per heavy atom. The lowest BCUT2D eigenvalue weighted by Gasteiger charge is -2.36. The van der Waals surface area contributed by atoms with Gasteiger partial charge in [-0.15, -0.1) is 0 Å². The van der Waals surface area contributed by atoms with Crippen molar-refractivity contribution in [2.45, 2.75) is 44.1 Å². The summed E-state index contributed by atoms with van der Waals surface area (Å²) < 4.78 is 49.4. The number of sulfonamides is 1. The Morgan fingerprint density at radius 2 is 1.95 bits per heavy atom. The predicted octanol–water partition coefficient (Wildman–Crippen LogP) is 6.56. The van der Waals surface area contributed by atoms with Gasteiger partial charge in [0.1, 0.15) is 17.7 Å². The molecule has 0 saturated carbocycles. The van der Waals surface area contributed by atoms with Crippen molar-refractivity contribution in [3.8, 4) is 5.75 Å². The van der Waals surface area contributed by atoms with Crippen LogP contribution in [0.15, 0.2) is 65.6 Å². The van der Waals surface area contributed by atoms with Gasteiger partial charge in [0, 0.05) is 12.0 Å². The van der Waals surface area contributed by atoms with Crippen LogP contribution in [0.3, 0.4) is 0 Å². The van der Waals surface area contributed by atoms with Gasteiger partial charge in [-0.1, -0.05) is 41.9 Å². The van der Waals surface area contributed by atoms with Crippen molar-refractivity contribution in [3.05, 3.63) is 88.2 Å². The maximum Gasteiger partial charge on any atom is 0.303 e. The van der Waals surface area contributed by atoms with Gasteiger partial charge in [0.2, 0.25) is 0 Å². The molecule has 3 aromatic carbocycles. The van der Waals surface area contributed by atoms with Crippen molar-refractivity contribution in [1.82, 2.24) is 0 Å². The third kappa shape index (κ3) is 5.97. The number of allylic oxidation sites excluding steroid dienone is 1. The topological polar surface area (TPSA) is 83.9 Å². The highest BCUT2D eigenvalue weighted by atomic mass is 35.5. The number of benzene rings is 3. The van der Waals surface area contributed by atoms with E-state index < -0.39 is 27.9 Å². The van der Waals surface area contributed by atoms with Crippen LogP contribution in [-0.2, 0) is 14.8 Å². The average Bonchev–Trinajstić information content (AvgIpc) is 2.83. The van der Waals surface area contributed by atoms with Crippen LogP contribution in [-0.4, -0.2) is 32.1 Å². The van der Waals surface area contributed by atoms with Gasteiger partial charge in [0.05, 0.1) is 22.2 Å². The van der Waals surface area contributed by atoms with Crippen LogP contribution in [0.5, 0.6) is 5.75 Å². The molecule has 1 aliphatic rings. The zero-order valence-corrected chi connectivity index (χ0v) is 22.0. The molecule has 3 aromatic rings. The van der Waals surface area contributed by atoms with Gasteiger partial charge in [0.25, 0.3) is 10.0 Å². The number of carbonyl (C=O) groups is 1. The van der Waals surface area contributed by atoms with E-state index >= 15 is 0 Å². The van der Waals surface area contributed by atoms with E-state index in [4.69, 9.17) is 21.4 Å². The minimum atomic E-state index is -3.95. The molecule has 0 fully saturated rings. The molecule has 1 heterocycles. The second kappa shape index (κ2) is 10.9. The second-order valence-corrected chi connectivity index (χ2v) is 11.3. The fraction of sp³-hybridized carbons (Fsp3) is 0.250. The van der Waals surface area contributed by atoms with Crippen molar-refractivity contribution >= 4 is 44.9 Å². The van der Waals surface area contributed by atoms with Gasteiger partial charge in [0.15, 0.2) is 0 Å². The maximum absolute atomic E-state index is 14.4. The van der Waals surface area contributed by atoms with Crippen LogP contribution in [0, 0.1) is 12.7 Å². The number of ether oxygens (including phenoxy) is 1. The number of fused-ring (bicyclic) bond motifs is 1. The van der Waals surface area contributed by atoms with E-state index in [2.05, 4.69) is 0 Å². The molecule has 0 aliphatic carbocycles. The first kappa shape index (κ1) is 26.7. The SMILES string of the molecule is C/C(=C\c1ccc2c(c1)N(S(=O)(=O)c1cccc(C)c1)C[C@H](CCCC(=O)O)O2)c1c(F)cccc1Cl. The smallest absolute Gasteiger partial charge is 0.303 e. The molecule has 1 N–H and O–H groups in total. The Kier molecular flexibility index (Phi) is 7.90. The number of rotatable bonds is 8. The maximum atomic E-state index is 14.4. The highest BCUT2D eigenvalue weighted by Gasteiger charge is 2.34. The van der Waals surface area contributed by atoms with Crippen molar-refractivity contribution in [3.63, 3.8) is 0 Å². The molecule has 1 aliphatic heterocycles. The van der Waals surface area contributed by atoms with Crippen molar-refractivity contribution in [2.24, 2.45) is 0 Å². The van der Waals surface area contributed by atoms with E-state index in [0.29, 0.717) is 35.4 Å². The molecule has 1 atom stereocenters. The Hall–Kier alpha value is -3.36. The first-order valence-corrected chi connectivity index (χ1v) is 13.6. The summed E-state index contributed by atoms with van der Waals surface area (Å²) in [6.45, 7) is 3.59. The number of aliphatic carboxylic acids is 1. The standard InChI is InChI=1S/C28H27ClFNO5S/c1-18-6-3-8-22(14-18)37(34,35)31-17-21(7-4-11-27(32)33)36-26-13-12-20(16-25(26)31)15-19(2)28-23(29)9-5-10-24(28)30/h3,5-6,8-10,12-16,21H,4,7,11,17H2,1-2H3,(H,32,33)/b19-15+/t21-/m0/s1. The Balaban J connectivity index is 1.75. The van der Waals surface area contributed by atoms with Gasteiger partial charge >= 0.3 is 5.97 Å². The number of carboxylic acid groups (broad SMARTS) is 1. The van der Waals surface area contributed by atoms with Crippen molar-refractivity contribution in [1.29, 1.82) is 0 Å². The van der Waals surface area contributed by atoms with E-state index in [-0.39, 0.29) is 28.4 Å². The number of carboxylic acids is 1. The van der Waals surface area contributed by atoms with E-state index in [1.54, 1.807) is 55.5 Å². The van der Waals surface area contributed by atoms with Gasteiger partial charge in [-0.2, -0.15) is 0 Å². The largest absolute Gasteiger partial charge is 0.486 e. The molecule has 0 amide bonds. The van der Waals surface area contributed by atoms with Gasteiger partial charge < -0.3 is 9.84 Å². The molecule has 0 radical (unpaired) electrons. The molecule has 0 spiro atoms. The first-order valence-electron chi connectivity index (χ1n) is 11.8. The Morgan fingerprint density at radius 3 is 2.65 bits per heavy atom. The third-order valence-electron chi connectivity index (χ3n) is 6.15. The summed E-state index contributed by atoms with van der Waals surface area (Å²) in [6, 6.07) is 16.3. The normalized spacial score (nSPS) is 15.7. The summed E-state index contributed by atoms with van der Waals surface area (Å²) >= 11 is 6.22. The third-order valence-corrected chi connectivity index (χ3v) is 8.24. The summed E-state index contributed by atoms with van der Waals surface area (Å²) in [5, 5.41) is 9.27. The molecule has 0 saturated heterocycles. The lowest BCUT2D eigenvalue weighted by atomic mass is 10.0. The summed E-state index contributed by atoms with van der Waals surface area (Å²) in [6.07, 6.45) is 1.95. The summed E-state index contributed by atoms with van der Waals surface area (Å²) in [5.74, 6) is -0.987. The van der Waals surface area contributed by atoms with Crippen LogP contribution in [0.2, 0.25) is 5.02 Å². The summed E-state index contributed by atoms with van der Waals surface area (Å²) in [5.41, 5.74) is 2.67. The molecular formula is C28H27ClFNO5S. The molecule has 0 unspecified atom stereocenters. The number of halogens is 2. The monoisotopic (exact) mass is 543 g/mol. The number of anilines is 1. The first-order chi connectivity index (χ1) is 17.6. The number of hydrogen-bond acceptors (Lipinski definition) is 4. The lowest BCUT2D eigenvalue weighted by Crippen LogP contribution is -2.43. The van der Waals surface area contributed by atoms with E-state index in [1.165, 1.54) is 16.4 Å². The van der Waals surface area contributed by atoms with Crippen LogP contribution in [0.25, 0.3) is 11.6 Å². The van der Waals surface area contributed by atoms with Crippen LogP contribution >= 0.6 is 11.6 Å². The van der Waals surface area contributed by atoms with Crippen molar-refractivity contribution < 1.29 is 27.4 Å². The van der Waals surface area contributed by atoms with Crippen molar-refractivity contribution in [2.75, 3.05) is 10.8 Å². The molecule has 4 rings (SSSR count). The highest BCUT2D eigenvalue weighted by Crippen LogP contribution is 2.39. The predicted molar refractivity (Wildman–Crippen MR) is 143 cm³/mol. The quantitative estimate of drug-likeness (QED) is 0.325. The minimum absolute atomic E-state index is 0.0288. The minimum Gasteiger partial charge on any atom is -0.486 e.